The molecule has 1 heterocycles. The minimum atomic E-state index is -0.126. The molecule has 7 nitrogen and oxygen atoms in total. The molecule has 0 aliphatic heterocycles. The average molecular weight is 414 g/mol. The lowest BCUT2D eigenvalue weighted by atomic mass is 10.1. The highest BCUT2D eigenvalue weighted by Crippen LogP contribution is 2.31. The monoisotopic (exact) mass is 413 g/mol. The number of amides is 1. The fourth-order valence-electron chi connectivity index (χ4n) is 2.98. The SMILES string of the molecule is COc1cc(Cl)c(C)cc1NC(=O)CN(C)C(C)c1ccc(-n2cncn2)cc1. The largest absolute Gasteiger partial charge is 0.495 e. The molecule has 152 valence electrons. The molecule has 8 heteroatoms. The Morgan fingerprint density at radius 3 is 2.66 bits per heavy atom. The van der Waals surface area contributed by atoms with E-state index in [0.29, 0.717) is 16.5 Å². The molecule has 0 aliphatic rings. The molecule has 0 aliphatic carbocycles. The Balaban J connectivity index is 1.64. The van der Waals surface area contributed by atoms with Crippen molar-refractivity contribution in [3.63, 3.8) is 0 Å². The lowest BCUT2D eigenvalue weighted by Crippen LogP contribution is -2.32. The van der Waals surface area contributed by atoms with Crippen molar-refractivity contribution < 1.29 is 9.53 Å². The van der Waals surface area contributed by atoms with E-state index in [1.807, 2.05) is 49.2 Å². The number of benzene rings is 2. The zero-order chi connectivity index (χ0) is 21.0. The van der Waals surface area contributed by atoms with Gasteiger partial charge in [-0.2, -0.15) is 5.10 Å². The highest BCUT2D eigenvalue weighted by atomic mass is 35.5. The van der Waals surface area contributed by atoms with Crippen LogP contribution in [0.4, 0.5) is 5.69 Å². The number of ether oxygens (including phenoxy) is 1. The van der Waals surface area contributed by atoms with Crippen molar-refractivity contribution in [3.05, 3.63) is 65.2 Å². The van der Waals surface area contributed by atoms with Crippen molar-refractivity contribution in [1.82, 2.24) is 19.7 Å². The number of halogens is 1. The molecule has 0 fully saturated rings. The third-order valence-corrected chi connectivity index (χ3v) is 5.27. The van der Waals surface area contributed by atoms with Crippen LogP contribution in [0.3, 0.4) is 0 Å². The topological polar surface area (TPSA) is 72.3 Å². The number of anilines is 1. The first kappa shape index (κ1) is 20.8. The Hall–Kier alpha value is -2.90. The van der Waals surface area contributed by atoms with Crippen LogP contribution in [-0.2, 0) is 4.79 Å². The van der Waals surface area contributed by atoms with Gasteiger partial charge in [0, 0.05) is 17.1 Å². The van der Waals surface area contributed by atoms with Crippen LogP contribution in [-0.4, -0.2) is 46.3 Å². The Morgan fingerprint density at radius 1 is 1.31 bits per heavy atom. The lowest BCUT2D eigenvalue weighted by Gasteiger charge is -2.25. The summed E-state index contributed by atoms with van der Waals surface area (Å²) in [5.41, 5.74) is 3.52. The van der Waals surface area contributed by atoms with Gasteiger partial charge in [0.05, 0.1) is 25.0 Å². The van der Waals surface area contributed by atoms with Gasteiger partial charge in [0.2, 0.25) is 5.91 Å². The first-order valence-electron chi connectivity index (χ1n) is 9.18. The molecule has 29 heavy (non-hydrogen) atoms. The molecule has 1 amide bonds. The van der Waals surface area contributed by atoms with E-state index >= 15 is 0 Å². The molecular weight excluding hydrogens is 390 g/mol. The van der Waals surface area contributed by atoms with Crippen molar-refractivity contribution in [2.45, 2.75) is 19.9 Å². The fourth-order valence-corrected chi connectivity index (χ4v) is 3.14. The molecule has 0 bridgehead atoms. The van der Waals surface area contributed by atoms with Crippen LogP contribution in [0.15, 0.2) is 49.1 Å². The second-order valence-corrected chi connectivity index (χ2v) is 7.28. The van der Waals surface area contributed by atoms with Crippen molar-refractivity contribution >= 4 is 23.2 Å². The molecule has 1 aromatic heterocycles. The summed E-state index contributed by atoms with van der Waals surface area (Å²) in [6, 6.07) is 11.6. The van der Waals surface area contributed by atoms with Gasteiger partial charge in [-0.15, -0.1) is 0 Å². The Labute approximate surface area is 175 Å². The molecule has 1 N–H and O–H groups in total. The Kier molecular flexibility index (Phi) is 6.51. The zero-order valence-corrected chi connectivity index (χ0v) is 17.6. The van der Waals surface area contributed by atoms with E-state index in [0.717, 1.165) is 16.8 Å². The molecule has 1 unspecified atom stereocenters. The van der Waals surface area contributed by atoms with Crippen LogP contribution in [0, 0.1) is 6.92 Å². The highest BCUT2D eigenvalue weighted by molar-refractivity contribution is 6.31. The molecular formula is C21H24ClN5O2. The maximum Gasteiger partial charge on any atom is 0.238 e. The van der Waals surface area contributed by atoms with Crippen LogP contribution < -0.4 is 10.1 Å². The van der Waals surface area contributed by atoms with Gasteiger partial charge >= 0.3 is 0 Å². The van der Waals surface area contributed by atoms with Crippen molar-refractivity contribution in [1.29, 1.82) is 0 Å². The number of hydrogen-bond donors (Lipinski definition) is 1. The number of hydrogen-bond acceptors (Lipinski definition) is 5. The normalized spacial score (nSPS) is 12.1. The number of carbonyl (C=O) groups is 1. The van der Waals surface area contributed by atoms with E-state index in [4.69, 9.17) is 16.3 Å². The maximum atomic E-state index is 12.6. The van der Waals surface area contributed by atoms with Crippen LogP contribution >= 0.6 is 11.6 Å². The van der Waals surface area contributed by atoms with Gasteiger partial charge < -0.3 is 10.1 Å². The van der Waals surface area contributed by atoms with Gasteiger partial charge in [-0.05, 0) is 50.2 Å². The van der Waals surface area contributed by atoms with E-state index in [-0.39, 0.29) is 18.5 Å². The van der Waals surface area contributed by atoms with E-state index in [2.05, 4.69) is 22.3 Å². The molecule has 0 spiro atoms. The maximum absolute atomic E-state index is 12.6. The van der Waals surface area contributed by atoms with Gasteiger partial charge in [0.15, 0.2) is 0 Å². The van der Waals surface area contributed by atoms with Crippen LogP contribution in [0.1, 0.15) is 24.1 Å². The predicted molar refractivity (Wildman–Crippen MR) is 114 cm³/mol. The number of rotatable bonds is 7. The summed E-state index contributed by atoms with van der Waals surface area (Å²) in [7, 11) is 3.47. The fraction of sp³-hybridized carbons (Fsp3) is 0.286. The predicted octanol–water partition coefficient (Wildman–Crippen LogP) is 3.87. The van der Waals surface area contributed by atoms with E-state index < -0.39 is 0 Å². The minimum Gasteiger partial charge on any atom is -0.495 e. The van der Waals surface area contributed by atoms with Gasteiger partial charge in [-0.3, -0.25) is 9.69 Å². The molecule has 3 aromatic rings. The number of carbonyl (C=O) groups excluding carboxylic acids is 1. The standard InChI is InChI=1S/C21H24ClN5O2/c1-14-9-19(20(29-4)10-18(14)22)25-21(28)11-26(3)15(2)16-5-7-17(8-6-16)27-13-23-12-24-27/h5-10,12-13,15H,11H2,1-4H3,(H,25,28). The summed E-state index contributed by atoms with van der Waals surface area (Å²) < 4.78 is 7.02. The number of aryl methyl sites for hydroxylation is 1. The summed E-state index contributed by atoms with van der Waals surface area (Å²) in [6.45, 7) is 4.18. The quantitative estimate of drug-likeness (QED) is 0.636. The van der Waals surface area contributed by atoms with E-state index in [1.54, 1.807) is 24.2 Å². The van der Waals surface area contributed by atoms with Crippen LogP contribution in [0.5, 0.6) is 5.75 Å². The van der Waals surface area contributed by atoms with Crippen molar-refractivity contribution in [3.8, 4) is 11.4 Å². The third-order valence-electron chi connectivity index (χ3n) is 4.87. The molecule has 1 atom stereocenters. The third kappa shape index (κ3) is 4.93. The molecule has 0 saturated heterocycles. The summed E-state index contributed by atoms with van der Waals surface area (Å²) >= 11 is 6.13. The first-order valence-corrected chi connectivity index (χ1v) is 9.56. The van der Waals surface area contributed by atoms with Gasteiger partial charge in [-0.1, -0.05) is 23.7 Å². The average Bonchev–Trinajstić information content (AvgIpc) is 3.25. The molecule has 0 radical (unpaired) electrons. The van der Waals surface area contributed by atoms with Gasteiger partial charge in [0.1, 0.15) is 18.4 Å². The number of nitrogens with one attached hydrogen (secondary N) is 1. The second kappa shape index (κ2) is 9.07. The number of methoxy groups -OCH3 is 1. The summed E-state index contributed by atoms with van der Waals surface area (Å²) in [5.74, 6) is 0.409. The van der Waals surface area contributed by atoms with Crippen molar-refractivity contribution in [2.75, 3.05) is 26.0 Å². The number of aromatic nitrogens is 3. The molecule has 0 saturated carbocycles. The number of nitrogens with zero attached hydrogens (tertiary/aromatic N) is 4. The molecule has 2 aromatic carbocycles. The highest BCUT2D eigenvalue weighted by Gasteiger charge is 2.17. The summed E-state index contributed by atoms with van der Waals surface area (Å²) in [5, 5.41) is 7.63. The Morgan fingerprint density at radius 2 is 2.03 bits per heavy atom. The lowest BCUT2D eigenvalue weighted by molar-refractivity contribution is -0.117. The van der Waals surface area contributed by atoms with Gasteiger partial charge in [0.25, 0.3) is 0 Å². The van der Waals surface area contributed by atoms with E-state index in [1.165, 1.54) is 6.33 Å². The van der Waals surface area contributed by atoms with Crippen molar-refractivity contribution in [2.24, 2.45) is 0 Å². The van der Waals surface area contributed by atoms with Crippen LogP contribution in [0.2, 0.25) is 5.02 Å². The zero-order valence-electron chi connectivity index (χ0n) is 16.9. The minimum absolute atomic E-state index is 0.0550. The van der Waals surface area contributed by atoms with Gasteiger partial charge in [-0.25, -0.2) is 9.67 Å². The second-order valence-electron chi connectivity index (χ2n) is 6.87. The van der Waals surface area contributed by atoms with E-state index in [9.17, 15) is 4.79 Å². The summed E-state index contributed by atoms with van der Waals surface area (Å²) in [6.07, 6.45) is 3.15. The van der Waals surface area contributed by atoms with Crippen LogP contribution in [0.25, 0.3) is 5.69 Å². The smallest absolute Gasteiger partial charge is 0.238 e. The first-order chi connectivity index (χ1) is 13.9. The summed E-state index contributed by atoms with van der Waals surface area (Å²) in [4.78, 5) is 18.5. The molecule has 3 rings (SSSR count). The number of likely N-dealkylation sites (N-methyl/N-ethyl adjacent to an activating group) is 1. The Bertz CT molecular complexity index is 973.